The van der Waals surface area contributed by atoms with Crippen LogP contribution in [-0.2, 0) is 9.53 Å². The summed E-state index contributed by atoms with van der Waals surface area (Å²) in [6.07, 6.45) is 1.38. The van der Waals surface area contributed by atoms with Crippen molar-refractivity contribution < 1.29 is 23.5 Å². The topological polar surface area (TPSA) is 119 Å². The zero-order chi connectivity index (χ0) is 27.9. The summed E-state index contributed by atoms with van der Waals surface area (Å²) in [6.45, 7) is 11.7. The molecule has 11 heteroatoms. The highest BCUT2D eigenvalue weighted by Crippen LogP contribution is 2.38. The number of nitrogens with two attached hydrogens (primary N) is 1. The zero-order valence-corrected chi connectivity index (χ0v) is 22.7. The first kappa shape index (κ1) is 28.9. The van der Waals surface area contributed by atoms with E-state index in [0.717, 1.165) is 31.9 Å². The Balaban J connectivity index is 0.000000505. The summed E-state index contributed by atoms with van der Waals surface area (Å²) in [5, 5.41) is 6.95. The number of benzene rings is 2. The number of amides is 1. The van der Waals surface area contributed by atoms with Gasteiger partial charge in [-0.2, -0.15) is 0 Å². The van der Waals surface area contributed by atoms with E-state index in [2.05, 4.69) is 25.3 Å². The molecule has 204 valence electrons. The average molecular weight is 546 g/mol. The number of rotatable bonds is 7. The lowest BCUT2D eigenvalue weighted by Gasteiger charge is -2.31. The number of fused-ring (bicyclic) bond motifs is 1. The Kier molecular flexibility index (Phi) is 9.71. The third-order valence-corrected chi connectivity index (χ3v) is 5.88. The molecular weight excluding hydrogens is 513 g/mol. The molecule has 3 aromatic rings. The molecule has 4 N–H and O–H groups in total. The van der Waals surface area contributed by atoms with Crippen LogP contribution >= 0.6 is 11.6 Å². The van der Waals surface area contributed by atoms with Crippen LogP contribution in [0.25, 0.3) is 10.9 Å². The van der Waals surface area contributed by atoms with Crippen LogP contribution in [0.5, 0.6) is 5.75 Å². The van der Waals surface area contributed by atoms with Crippen molar-refractivity contribution in [2.24, 2.45) is 5.73 Å². The van der Waals surface area contributed by atoms with Crippen LogP contribution in [-0.4, -0.2) is 55.8 Å². The molecule has 2 heterocycles. The van der Waals surface area contributed by atoms with Crippen LogP contribution in [0.4, 0.5) is 21.5 Å². The molecule has 0 aliphatic carbocycles. The maximum atomic E-state index is 14.6. The van der Waals surface area contributed by atoms with E-state index < -0.39 is 11.7 Å². The summed E-state index contributed by atoms with van der Waals surface area (Å²) in [7, 11) is 0. The van der Waals surface area contributed by atoms with Gasteiger partial charge in [0, 0.05) is 43.8 Å². The van der Waals surface area contributed by atoms with Gasteiger partial charge in [-0.05, 0) is 45.9 Å². The number of carbonyl (C=O) groups is 2. The Morgan fingerprint density at radius 2 is 2.00 bits per heavy atom. The Hall–Kier alpha value is -3.63. The fourth-order valence-electron chi connectivity index (χ4n) is 3.83. The predicted octanol–water partition coefficient (Wildman–Crippen LogP) is 4.64. The van der Waals surface area contributed by atoms with Gasteiger partial charge in [0.2, 0.25) is 0 Å². The van der Waals surface area contributed by atoms with Crippen molar-refractivity contribution in [1.29, 1.82) is 0 Å². The van der Waals surface area contributed by atoms with Crippen LogP contribution in [0, 0.1) is 5.82 Å². The largest absolute Gasteiger partial charge is 0.492 e. The van der Waals surface area contributed by atoms with E-state index >= 15 is 0 Å². The van der Waals surface area contributed by atoms with Crippen LogP contribution < -0.4 is 26.0 Å². The van der Waals surface area contributed by atoms with E-state index in [1.165, 1.54) is 12.3 Å². The number of halogens is 2. The van der Waals surface area contributed by atoms with Gasteiger partial charge in [0.25, 0.3) is 12.4 Å². The van der Waals surface area contributed by atoms with Gasteiger partial charge in [-0.1, -0.05) is 17.7 Å². The SMILES string of the molecule is CC(C)(C)OC=O.CCOc1cc2ncc(C(N)=O)c(Nc3cccc(Cl)c3F)c2cc1N1CCNCC1. The first-order valence-electron chi connectivity index (χ1n) is 12.2. The van der Waals surface area contributed by atoms with E-state index in [1.807, 2.05) is 39.8 Å². The van der Waals surface area contributed by atoms with Crippen LogP contribution in [0.1, 0.15) is 38.1 Å². The highest BCUT2D eigenvalue weighted by Gasteiger charge is 2.21. The van der Waals surface area contributed by atoms with Gasteiger partial charge in [0.1, 0.15) is 11.4 Å². The maximum Gasteiger partial charge on any atom is 0.293 e. The molecule has 1 aliphatic heterocycles. The standard InChI is InChI=1S/C22H23ClFN5O2.C5H10O2/c1-2-31-19-11-17-13(10-18(19)29-8-6-26-7-9-29)21(14(12-27-17)22(25)30)28-16-5-3-4-15(23)20(16)24;1-5(2,3)7-4-6/h3-5,10-12,26H,2,6-9H2,1H3,(H2,25,30)(H,27,28);4H,1-3H3. The van der Waals surface area contributed by atoms with E-state index in [-0.39, 0.29) is 21.9 Å². The molecule has 1 aliphatic rings. The number of nitrogens with zero attached hydrogens (tertiary/aromatic N) is 2. The normalized spacial score (nSPS) is 13.4. The zero-order valence-electron chi connectivity index (χ0n) is 21.9. The van der Waals surface area contributed by atoms with Crippen molar-refractivity contribution in [3.63, 3.8) is 0 Å². The third-order valence-electron chi connectivity index (χ3n) is 5.58. The number of anilines is 3. The summed E-state index contributed by atoms with van der Waals surface area (Å²) in [5.74, 6) is -0.578. The summed E-state index contributed by atoms with van der Waals surface area (Å²) in [6, 6.07) is 8.37. The molecule has 9 nitrogen and oxygen atoms in total. The number of hydrogen-bond donors (Lipinski definition) is 3. The molecule has 1 saturated heterocycles. The lowest BCUT2D eigenvalue weighted by Crippen LogP contribution is -2.43. The number of nitrogens with one attached hydrogen (secondary N) is 2. The number of piperazine rings is 1. The van der Waals surface area contributed by atoms with E-state index in [9.17, 15) is 14.0 Å². The quantitative estimate of drug-likeness (QED) is 0.368. The van der Waals surface area contributed by atoms with Crippen LogP contribution in [0.3, 0.4) is 0 Å². The van der Waals surface area contributed by atoms with Crippen molar-refractivity contribution in [2.75, 3.05) is 43.0 Å². The molecule has 38 heavy (non-hydrogen) atoms. The lowest BCUT2D eigenvalue weighted by atomic mass is 10.1. The molecule has 0 spiro atoms. The summed E-state index contributed by atoms with van der Waals surface area (Å²) in [5.41, 5.74) is 7.43. The molecule has 2 aromatic carbocycles. The number of pyridine rings is 1. The molecule has 0 unspecified atom stereocenters. The average Bonchev–Trinajstić information content (AvgIpc) is 2.87. The van der Waals surface area contributed by atoms with Gasteiger partial charge >= 0.3 is 0 Å². The molecule has 0 radical (unpaired) electrons. The van der Waals surface area contributed by atoms with Gasteiger partial charge in [-0.15, -0.1) is 0 Å². The molecular formula is C27H33ClFN5O4. The molecule has 1 aromatic heterocycles. The van der Waals surface area contributed by atoms with E-state index in [1.54, 1.807) is 12.1 Å². The lowest BCUT2D eigenvalue weighted by molar-refractivity contribution is -0.138. The first-order chi connectivity index (χ1) is 18.1. The second-order valence-electron chi connectivity index (χ2n) is 9.47. The van der Waals surface area contributed by atoms with Crippen molar-refractivity contribution in [2.45, 2.75) is 33.3 Å². The Morgan fingerprint density at radius 1 is 1.29 bits per heavy atom. The molecule has 1 fully saturated rings. The number of aromatic nitrogens is 1. The second-order valence-corrected chi connectivity index (χ2v) is 9.88. The van der Waals surface area contributed by atoms with Crippen molar-refractivity contribution >= 4 is 51.9 Å². The summed E-state index contributed by atoms with van der Waals surface area (Å²) in [4.78, 5) is 28.4. The summed E-state index contributed by atoms with van der Waals surface area (Å²) >= 11 is 5.93. The number of hydrogen-bond acceptors (Lipinski definition) is 8. The van der Waals surface area contributed by atoms with Crippen LogP contribution in [0.2, 0.25) is 5.02 Å². The number of ether oxygens (including phenoxy) is 2. The molecule has 0 atom stereocenters. The van der Waals surface area contributed by atoms with Gasteiger partial charge in [0.05, 0.1) is 39.8 Å². The van der Waals surface area contributed by atoms with Crippen LogP contribution in [0.15, 0.2) is 36.5 Å². The minimum absolute atomic E-state index is 0.0240. The third kappa shape index (κ3) is 7.23. The fraction of sp³-hybridized carbons (Fsp3) is 0.370. The van der Waals surface area contributed by atoms with Gasteiger partial charge in [-0.25, -0.2) is 4.39 Å². The molecule has 4 rings (SSSR count). The Bertz CT molecular complexity index is 1290. The maximum absolute atomic E-state index is 14.6. The highest BCUT2D eigenvalue weighted by atomic mass is 35.5. The Labute approximate surface area is 226 Å². The van der Waals surface area contributed by atoms with E-state index in [4.69, 9.17) is 22.1 Å². The smallest absolute Gasteiger partial charge is 0.293 e. The second kappa shape index (κ2) is 12.7. The highest BCUT2D eigenvalue weighted by molar-refractivity contribution is 6.31. The van der Waals surface area contributed by atoms with Gasteiger partial charge < -0.3 is 30.7 Å². The van der Waals surface area contributed by atoms with Gasteiger partial charge in [-0.3, -0.25) is 14.6 Å². The summed E-state index contributed by atoms with van der Waals surface area (Å²) < 4.78 is 25.0. The number of carbonyl (C=O) groups excluding carboxylic acids is 2. The van der Waals surface area contributed by atoms with Crippen molar-refractivity contribution in [3.05, 3.63) is 52.9 Å². The van der Waals surface area contributed by atoms with Crippen molar-refractivity contribution in [1.82, 2.24) is 10.3 Å². The first-order valence-corrected chi connectivity index (χ1v) is 12.6. The minimum Gasteiger partial charge on any atom is -0.492 e. The minimum atomic E-state index is -0.669. The molecule has 0 bridgehead atoms. The van der Waals surface area contributed by atoms with E-state index in [0.29, 0.717) is 35.4 Å². The Morgan fingerprint density at radius 3 is 2.58 bits per heavy atom. The number of primary amides is 1. The van der Waals surface area contributed by atoms with Crippen molar-refractivity contribution in [3.8, 4) is 5.75 Å². The van der Waals surface area contributed by atoms with Gasteiger partial charge in [0.15, 0.2) is 5.82 Å². The monoisotopic (exact) mass is 545 g/mol. The molecule has 0 saturated carbocycles. The fourth-order valence-corrected chi connectivity index (χ4v) is 4.01. The predicted molar refractivity (Wildman–Crippen MR) is 148 cm³/mol. The molecule has 1 amide bonds.